The molecule has 1 aromatic rings. The Hall–Kier alpha value is -1.62. The number of carboxylic acids is 1. The number of aryl methyl sites for hydroxylation is 1. The molecule has 2 N–H and O–H groups in total. The molecule has 0 aromatic carbocycles. The van der Waals surface area contributed by atoms with E-state index >= 15 is 0 Å². The molecule has 0 spiro atoms. The van der Waals surface area contributed by atoms with Crippen molar-refractivity contribution in [3.63, 3.8) is 0 Å². The average molecular weight is 293 g/mol. The summed E-state index contributed by atoms with van der Waals surface area (Å²) in [5, 5.41) is 12.5. The molecule has 0 aliphatic rings. The zero-order valence-electron chi connectivity index (χ0n) is 13.5. The zero-order valence-corrected chi connectivity index (χ0v) is 13.5. The largest absolute Gasteiger partial charge is 0.478 e. The number of nitrogens with zero attached hydrogens (tertiary/aromatic N) is 2. The summed E-state index contributed by atoms with van der Waals surface area (Å²) in [6.45, 7) is 11.5. The second-order valence-corrected chi connectivity index (χ2v) is 5.39. The lowest BCUT2D eigenvalue weighted by atomic mass is 10.1. The van der Waals surface area contributed by atoms with E-state index in [1.807, 2.05) is 6.92 Å². The van der Waals surface area contributed by atoms with Crippen molar-refractivity contribution in [2.45, 2.75) is 46.6 Å². The Labute approximate surface area is 127 Å². The van der Waals surface area contributed by atoms with Crippen molar-refractivity contribution in [3.8, 4) is 0 Å². The molecular weight excluding hydrogens is 266 g/mol. The van der Waals surface area contributed by atoms with E-state index in [1.54, 1.807) is 6.07 Å². The monoisotopic (exact) mass is 293 g/mol. The first-order valence-electron chi connectivity index (χ1n) is 7.66. The van der Waals surface area contributed by atoms with E-state index in [9.17, 15) is 9.90 Å². The molecule has 21 heavy (non-hydrogen) atoms. The Kier molecular flexibility index (Phi) is 7.15. The molecule has 1 rings (SSSR count). The van der Waals surface area contributed by atoms with Crippen molar-refractivity contribution < 1.29 is 9.90 Å². The molecule has 5 nitrogen and oxygen atoms in total. The van der Waals surface area contributed by atoms with E-state index in [4.69, 9.17) is 0 Å². The van der Waals surface area contributed by atoms with Crippen LogP contribution in [0.2, 0.25) is 0 Å². The minimum atomic E-state index is -0.944. The van der Waals surface area contributed by atoms with Crippen LogP contribution in [-0.2, 0) is 0 Å². The smallest absolute Gasteiger partial charge is 0.339 e. The van der Waals surface area contributed by atoms with Crippen LogP contribution in [-0.4, -0.2) is 46.6 Å². The first-order valence-corrected chi connectivity index (χ1v) is 7.66. The number of carboxylic acid groups (broad SMARTS) is 1. The number of aromatic carboxylic acids is 1. The van der Waals surface area contributed by atoms with Crippen LogP contribution in [0.15, 0.2) is 12.3 Å². The third kappa shape index (κ3) is 5.71. The maximum atomic E-state index is 11.2. The van der Waals surface area contributed by atoms with Crippen LogP contribution in [0.5, 0.6) is 0 Å². The molecule has 0 aliphatic carbocycles. The summed E-state index contributed by atoms with van der Waals surface area (Å²) >= 11 is 0. The number of carbonyl (C=O) groups is 1. The quantitative estimate of drug-likeness (QED) is 0.732. The van der Waals surface area contributed by atoms with E-state index in [1.165, 1.54) is 6.20 Å². The number of anilines is 1. The lowest BCUT2D eigenvalue weighted by molar-refractivity contribution is 0.0697. The second-order valence-electron chi connectivity index (χ2n) is 5.39. The molecule has 1 unspecified atom stereocenters. The Balaban J connectivity index is 2.56. The number of nitrogens with one attached hydrogen (secondary N) is 1. The molecule has 0 saturated carbocycles. The number of aromatic nitrogens is 1. The van der Waals surface area contributed by atoms with Gasteiger partial charge in [-0.15, -0.1) is 0 Å². The van der Waals surface area contributed by atoms with Crippen molar-refractivity contribution in [2.75, 3.05) is 25.0 Å². The predicted molar refractivity (Wildman–Crippen MR) is 86.0 cm³/mol. The molecule has 0 saturated heterocycles. The highest BCUT2D eigenvalue weighted by Gasteiger charge is 2.13. The molecular formula is C16H27N3O2. The number of hydrogen-bond acceptors (Lipinski definition) is 4. The van der Waals surface area contributed by atoms with Gasteiger partial charge in [0.1, 0.15) is 5.56 Å². The van der Waals surface area contributed by atoms with Gasteiger partial charge in [-0.3, -0.25) is 4.98 Å². The maximum absolute atomic E-state index is 11.2. The highest BCUT2D eigenvalue weighted by molar-refractivity contribution is 5.93. The molecule has 0 bridgehead atoms. The fraction of sp³-hybridized carbons (Fsp3) is 0.625. The van der Waals surface area contributed by atoms with Gasteiger partial charge in [-0.25, -0.2) is 4.79 Å². The van der Waals surface area contributed by atoms with Gasteiger partial charge < -0.3 is 15.3 Å². The van der Waals surface area contributed by atoms with Gasteiger partial charge in [-0.05, 0) is 52.4 Å². The molecule has 5 heteroatoms. The van der Waals surface area contributed by atoms with Gasteiger partial charge >= 0.3 is 5.97 Å². The van der Waals surface area contributed by atoms with Crippen LogP contribution < -0.4 is 5.32 Å². The predicted octanol–water partition coefficient (Wildman–Crippen LogP) is 3.01. The van der Waals surface area contributed by atoms with Crippen LogP contribution in [0.4, 0.5) is 5.69 Å². The SMILES string of the molecule is CCN(CC)CCCC(C)Nc1cc(C)ncc1C(=O)O. The van der Waals surface area contributed by atoms with Crippen LogP contribution >= 0.6 is 0 Å². The fourth-order valence-corrected chi connectivity index (χ4v) is 2.35. The first-order chi connectivity index (χ1) is 9.97. The molecule has 118 valence electrons. The summed E-state index contributed by atoms with van der Waals surface area (Å²) in [5.41, 5.74) is 1.71. The minimum absolute atomic E-state index is 0.233. The van der Waals surface area contributed by atoms with E-state index in [0.29, 0.717) is 5.69 Å². The number of rotatable bonds is 9. The van der Waals surface area contributed by atoms with Gasteiger partial charge in [-0.1, -0.05) is 13.8 Å². The van der Waals surface area contributed by atoms with E-state index in [-0.39, 0.29) is 11.6 Å². The summed E-state index contributed by atoms with van der Waals surface area (Å²) in [6.07, 6.45) is 3.53. The minimum Gasteiger partial charge on any atom is -0.478 e. The normalized spacial score (nSPS) is 12.4. The molecule has 1 aromatic heterocycles. The molecule has 0 radical (unpaired) electrons. The topological polar surface area (TPSA) is 65.5 Å². The van der Waals surface area contributed by atoms with Gasteiger partial charge in [0.25, 0.3) is 0 Å². The van der Waals surface area contributed by atoms with Gasteiger partial charge in [0.05, 0.1) is 5.69 Å². The highest BCUT2D eigenvalue weighted by atomic mass is 16.4. The van der Waals surface area contributed by atoms with Gasteiger partial charge in [0.2, 0.25) is 0 Å². The third-order valence-corrected chi connectivity index (χ3v) is 3.68. The highest BCUT2D eigenvalue weighted by Crippen LogP contribution is 2.18. The average Bonchev–Trinajstić information content (AvgIpc) is 2.43. The Morgan fingerprint density at radius 3 is 2.67 bits per heavy atom. The summed E-state index contributed by atoms with van der Waals surface area (Å²) in [4.78, 5) is 17.7. The summed E-state index contributed by atoms with van der Waals surface area (Å²) in [7, 11) is 0. The van der Waals surface area contributed by atoms with Gasteiger partial charge in [0, 0.05) is 17.9 Å². The van der Waals surface area contributed by atoms with E-state index < -0.39 is 5.97 Å². The van der Waals surface area contributed by atoms with Crippen LogP contribution in [0.3, 0.4) is 0 Å². The summed E-state index contributed by atoms with van der Waals surface area (Å²) in [5.74, 6) is -0.944. The lowest BCUT2D eigenvalue weighted by Crippen LogP contribution is -2.26. The zero-order chi connectivity index (χ0) is 15.8. The summed E-state index contributed by atoms with van der Waals surface area (Å²) < 4.78 is 0. The second kappa shape index (κ2) is 8.62. The third-order valence-electron chi connectivity index (χ3n) is 3.68. The van der Waals surface area contributed by atoms with Crippen LogP contribution in [0, 0.1) is 6.92 Å². The van der Waals surface area contributed by atoms with Crippen molar-refractivity contribution in [1.29, 1.82) is 0 Å². The van der Waals surface area contributed by atoms with E-state index in [0.717, 1.165) is 38.2 Å². The van der Waals surface area contributed by atoms with Crippen molar-refractivity contribution in [2.24, 2.45) is 0 Å². The van der Waals surface area contributed by atoms with Crippen molar-refractivity contribution >= 4 is 11.7 Å². The first kappa shape index (κ1) is 17.4. The Morgan fingerprint density at radius 2 is 2.10 bits per heavy atom. The summed E-state index contributed by atoms with van der Waals surface area (Å²) in [6, 6.07) is 2.03. The van der Waals surface area contributed by atoms with Crippen molar-refractivity contribution in [1.82, 2.24) is 9.88 Å². The number of hydrogen-bond donors (Lipinski definition) is 2. The molecule has 0 aliphatic heterocycles. The molecule has 1 atom stereocenters. The van der Waals surface area contributed by atoms with Gasteiger partial charge in [0.15, 0.2) is 0 Å². The molecule has 0 amide bonds. The lowest BCUT2D eigenvalue weighted by Gasteiger charge is -2.21. The molecule has 1 heterocycles. The van der Waals surface area contributed by atoms with Gasteiger partial charge in [-0.2, -0.15) is 0 Å². The van der Waals surface area contributed by atoms with Crippen LogP contribution in [0.25, 0.3) is 0 Å². The Morgan fingerprint density at radius 1 is 1.43 bits per heavy atom. The fourth-order valence-electron chi connectivity index (χ4n) is 2.35. The Bertz CT molecular complexity index is 459. The standard InChI is InChI=1S/C16H27N3O2/c1-5-19(6-2)9-7-8-12(3)18-15-10-13(4)17-11-14(15)16(20)21/h10-12H,5-9H2,1-4H3,(H,17,18)(H,20,21). The van der Waals surface area contributed by atoms with Crippen molar-refractivity contribution in [3.05, 3.63) is 23.5 Å². The van der Waals surface area contributed by atoms with E-state index in [2.05, 4.69) is 36.0 Å². The number of pyridine rings is 1. The molecule has 0 fully saturated rings. The maximum Gasteiger partial charge on any atom is 0.339 e. The van der Waals surface area contributed by atoms with Crippen LogP contribution in [0.1, 0.15) is 49.7 Å².